The number of benzene rings is 2. The van der Waals surface area contributed by atoms with Crippen LogP contribution in [0, 0.1) is 0 Å². The summed E-state index contributed by atoms with van der Waals surface area (Å²) in [6, 6.07) is 15.3. The highest BCUT2D eigenvalue weighted by Crippen LogP contribution is 2.16. The van der Waals surface area contributed by atoms with Gasteiger partial charge in [-0.3, -0.25) is 0 Å². The fourth-order valence-electron chi connectivity index (χ4n) is 2.30. The van der Waals surface area contributed by atoms with Gasteiger partial charge in [-0.25, -0.2) is 0 Å². The lowest BCUT2D eigenvalue weighted by Gasteiger charge is -2.17. The van der Waals surface area contributed by atoms with Gasteiger partial charge in [-0.1, -0.05) is 43.3 Å². The molecule has 1 N–H and O–H groups in total. The van der Waals surface area contributed by atoms with E-state index in [-0.39, 0.29) is 0 Å². The fourth-order valence-corrected chi connectivity index (χ4v) is 2.30. The van der Waals surface area contributed by atoms with Crippen LogP contribution in [-0.4, -0.2) is 31.6 Å². The molecule has 2 nitrogen and oxygen atoms in total. The summed E-state index contributed by atoms with van der Waals surface area (Å²) in [5.74, 6) is 0. The number of hydrogen-bond donors (Lipinski definition) is 1. The third-order valence-electron chi connectivity index (χ3n) is 3.36. The van der Waals surface area contributed by atoms with Crippen molar-refractivity contribution in [3.05, 3.63) is 48.0 Å². The molecule has 0 saturated carbocycles. The largest absolute Gasteiger partial charge is 0.315 e. The van der Waals surface area contributed by atoms with E-state index >= 15 is 0 Å². The number of likely N-dealkylation sites (N-methyl/N-ethyl adjacent to an activating group) is 1. The molecule has 0 bridgehead atoms. The molecule has 2 aromatic rings. The zero-order chi connectivity index (χ0) is 13.5. The second-order valence-corrected chi connectivity index (χ2v) is 5.17. The maximum absolute atomic E-state index is 3.44. The Bertz CT molecular complexity index is 507. The van der Waals surface area contributed by atoms with Gasteiger partial charge in [-0.15, -0.1) is 0 Å². The van der Waals surface area contributed by atoms with Crippen LogP contribution in [0.5, 0.6) is 0 Å². The Morgan fingerprint density at radius 3 is 2.58 bits per heavy atom. The highest BCUT2D eigenvalue weighted by Gasteiger charge is 2.01. The predicted octanol–water partition coefficient (Wildman–Crippen LogP) is 3.27. The molecule has 0 aliphatic rings. The minimum atomic E-state index is 1.01. The highest BCUT2D eigenvalue weighted by atomic mass is 15.1. The SMILES string of the molecule is CCCNCCN(C)Cc1ccc2ccccc2c1. The van der Waals surface area contributed by atoms with Gasteiger partial charge < -0.3 is 10.2 Å². The minimum absolute atomic E-state index is 1.01. The van der Waals surface area contributed by atoms with Gasteiger partial charge in [0.25, 0.3) is 0 Å². The molecule has 102 valence electrons. The second kappa shape index (κ2) is 7.27. The van der Waals surface area contributed by atoms with Crippen molar-refractivity contribution in [1.82, 2.24) is 10.2 Å². The first-order valence-electron chi connectivity index (χ1n) is 7.16. The van der Waals surface area contributed by atoms with Gasteiger partial charge >= 0.3 is 0 Å². The molecule has 0 amide bonds. The summed E-state index contributed by atoms with van der Waals surface area (Å²) < 4.78 is 0. The van der Waals surface area contributed by atoms with E-state index in [1.165, 1.54) is 22.8 Å². The normalized spacial score (nSPS) is 11.3. The average molecular weight is 256 g/mol. The van der Waals surface area contributed by atoms with E-state index in [9.17, 15) is 0 Å². The first kappa shape index (κ1) is 14.0. The lowest BCUT2D eigenvalue weighted by molar-refractivity contribution is 0.325. The van der Waals surface area contributed by atoms with E-state index in [1.807, 2.05) is 0 Å². The Hall–Kier alpha value is -1.38. The monoisotopic (exact) mass is 256 g/mol. The smallest absolute Gasteiger partial charge is 0.0231 e. The van der Waals surface area contributed by atoms with E-state index in [1.54, 1.807) is 0 Å². The summed E-state index contributed by atoms with van der Waals surface area (Å²) in [4.78, 5) is 2.37. The van der Waals surface area contributed by atoms with Gasteiger partial charge in [0.05, 0.1) is 0 Å². The Labute approximate surface area is 116 Å². The maximum Gasteiger partial charge on any atom is 0.0231 e. The lowest BCUT2D eigenvalue weighted by atomic mass is 10.1. The van der Waals surface area contributed by atoms with Crippen molar-refractivity contribution in [1.29, 1.82) is 0 Å². The van der Waals surface area contributed by atoms with Gasteiger partial charge in [0.1, 0.15) is 0 Å². The second-order valence-electron chi connectivity index (χ2n) is 5.17. The first-order valence-corrected chi connectivity index (χ1v) is 7.16. The van der Waals surface area contributed by atoms with Crippen LogP contribution >= 0.6 is 0 Å². The van der Waals surface area contributed by atoms with Crippen LogP contribution in [0.3, 0.4) is 0 Å². The maximum atomic E-state index is 3.44. The third-order valence-corrected chi connectivity index (χ3v) is 3.36. The molecule has 0 radical (unpaired) electrons. The molecule has 0 saturated heterocycles. The van der Waals surface area contributed by atoms with Crippen molar-refractivity contribution in [2.24, 2.45) is 0 Å². The standard InChI is InChI=1S/C17H24N2/c1-3-10-18-11-12-19(2)14-15-8-9-16-6-4-5-7-17(16)13-15/h4-9,13,18H,3,10-12,14H2,1-2H3. The summed E-state index contributed by atoms with van der Waals surface area (Å²) in [5, 5.41) is 6.09. The number of nitrogens with zero attached hydrogens (tertiary/aromatic N) is 1. The molecule has 2 aromatic carbocycles. The van der Waals surface area contributed by atoms with Gasteiger partial charge in [0.15, 0.2) is 0 Å². The molecule has 0 heterocycles. The zero-order valence-electron chi connectivity index (χ0n) is 12.0. The summed E-state index contributed by atoms with van der Waals surface area (Å²) >= 11 is 0. The van der Waals surface area contributed by atoms with Crippen LogP contribution in [0.15, 0.2) is 42.5 Å². The Morgan fingerprint density at radius 1 is 1.00 bits per heavy atom. The van der Waals surface area contributed by atoms with Crippen molar-refractivity contribution in [3.8, 4) is 0 Å². The van der Waals surface area contributed by atoms with Gasteiger partial charge in [0, 0.05) is 19.6 Å². The van der Waals surface area contributed by atoms with E-state index < -0.39 is 0 Å². The Kier molecular flexibility index (Phi) is 5.37. The molecular formula is C17H24N2. The van der Waals surface area contributed by atoms with E-state index in [0.29, 0.717) is 0 Å². The number of hydrogen-bond acceptors (Lipinski definition) is 2. The first-order chi connectivity index (χ1) is 9.29. The molecule has 0 atom stereocenters. The average Bonchev–Trinajstić information content (AvgIpc) is 2.43. The van der Waals surface area contributed by atoms with Crippen LogP contribution in [0.2, 0.25) is 0 Å². The van der Waals surface area contributed by atoms with Crippen molar-refractivity contribution in [2.45, 2.75) is 19.9 Å². The molecule has 0 unspecified atom stereocenters. The highest BCUT2D eigenvalue weighted by molar-refractivity contribution is 5.82. The molecular weight excluding hydrogens is 232 g/mol. The van der Waals surface area contributed by atoms with E-state index in [4.69, 9.17) is 0 Å². The number of rotatable bonds is 7. The quantitative estimate of drug-likeness (QED) is 0.765. The van der Waals surface area contributed by atoms with Crippen LogP contribution < -0.4 is 5.32 Å². The van der Waals surface area contributed by atoms with Crippen molar-refractivity contribution in [2.75, 3.05) is 26.7 Å². The van der Waals surface area contributed by atoms with Crippen LogP contribution in [0.25, 0.3) is 10.8 Å². The number of fused-ring (bicyclic) bond motifs is 1. The van der Waals surface area contributed by atoms with Crippen molar-refractivity contribution in [3.63, 3.8) is 0 Å². The zero-order valence-corrected chi connectivity index (χ0v) is 12.0. The van der Waals surface area contributed by atoms with Crippen molar-refractivity contribution < 1.29 is 0 Å². The van der Waals surface area contributed by atoms with Crippen molar-refractivity contribution >= 4 is 10.8 Å². The van der Waals surface area contributed by atoms with Gasteiger partial charge in [-0.2, -0.15) is 0 Å². The third kappa shape index (κ3) is 4.34. The van der Waals surface area contributed by atoms with Gasteiger partial charge in [-0.05, 0) is 42.4 Å². The molecule has 0 aliphatic carbocycles. The predicted molar refractivity (Wildman–Crippen MR) is 83.4 cm³/mol. The van der Waals surface area contributed by atoms with E-state index in [2.05, 4.69) is 66.7 Å². The van der Waals surface area contributed by atoms with E-state index in [0.717, 1.165) is 26.2 Å². The molecule has 0 aromatic heterocycles. The summed E-state index contributed by atoms with van der Waals surface area (Å²) in [6.07, 6.45) is 1.20. The number of nitrogens with one attached hydrogen (secondary N) is 1. The van der Waals surface area contributed by atoms with Crippen LogP contribution in [0.4, 0.5) is 0 Å². The Morgan fingerprint density at radius 2 is 1.79 bits per heavy atom. The molecule has 0 aliphatic heterocycles. The molecule has 2 heteroatoms. The summed E-state index contributed by atoms with van der Waals surface area (Å²) in [7, 11) is 2.18. The van der Waals surface area contributed by atoms with Crippen LogP contribution in [0.1, 0.15) is 18.9 Å². The molecule has 19 heavy (non-hydrogen) atoms. The summed E-state index contributed by atoms with van der Waals surface area (Å²) in [6.45, 7) is 6.49. The Balaban J connectivity index is 1.89. The molecule has 0 fully saturated rings. The fraction of sp³-hybridized carbons (Fsp3) is 0.412. The topological polar surface area (TPSA) is 15.3 Å². The van der Waals surface area contributed by atoms with Crippen LogP contribution in [-0.2, 0) is 6.54 Å². The van der Waals surface area contributed by atoms with Gasteiger partial charge in [0.2, 0.25) is 0 Å². The summed E-state index contributed by atoms with van der Waals surface area (Å²) in [5.41, 5.74) is 1.39. The minimum Gasteiger partial charge on any atom is -0.315 e. The molecule has 2 rings (SSSR count). The molecule has 0 spiro atoms. The lowest BCUT2D eigenvalue weighted by Crippen LogP contribution is -2.29.